The molecule has 2 amide bonds. The van der Waals surface area contributed by atoms with Gasteiger partial charge in [0, 0.05) is 11.1 Å². The smallest absolute Gasteiger partial charge is 0.245 e. The highest BCUT2D eigenvalue weighted by Crippen LogP contribution is 2.15. The molecule has 1 unspecified atom stereocenters. The molecule has 0 aromatic carbocycles. The first-order chi connectivity index (χ1) is 8.60. The fraction of sp³-hybridized carbons (Fsp3) is 0.583. The number of hydrogen-bond acceptors (Lipinski definition) is 4. The van der Waals surface area contributed by atoms with Crippen molar-refractivity contribution in [3.8, 4) is 0 Å². The summed E-state index contributed by atoms with van der Waals surface area (Å²) in [5, 5.41) is 5.57. The predicted molar refractivity (Wildman–Crippen MR) is 69.1 cm³/mol. The molecule has 2 rings (SSSR count). The second-order valence-corrected chi connectivity index (χ2v) is 5.43. The van der Waals surface area contributed by atoms with Crippen molar-refractivity contribution < 1.29 is 9.59 Å². The monoisotopic (exact) mass is 267 g/mol. The van der Waals surface area contributed by atoms with Crippen LogP contribution in [0, 0.1) is 6.92 Å². The van der Waals surface area contributed by atoms with E-state index < -0.39 is 0 Å². The van der Waals surface area contributed by atoms with Gasteiger partial charge in [-0.1, -0.05) is 13.3 Å². The molecule has 1 aromatic rings. The number of nitrogens with zero attached hydrogens (tertiary/aromatic N) is 2. The second-order valence-electron chi connectivity index (χ2n) is 4.49. The minimum atomic E-state index is -0.364. The summed E-state index contributed by atoms with van der Waals surface area (Å²) in [5.74, 6) is -0.0781. The van der Waals surface area contributed by atoms with E-state index in [1.807, 2.05) is 19.2 Å². The number of thiazole rings is 1. The molecule has 5 nitrogen and oxygen atoms in total. The van der Waals surface area contributed by atoms with Crippen molar-refractivity contribution >= 4 is 23.2 Å². The highest BCUT2D eigenvalue weighted by atomic mass is 32.1. The lowest BCUT2D eigenvalue weighted by molar-refractivity contribution is -0.145. The van der Waals surface area contributed by atoms with Gasteiger partial charge >= 0.3 is 0 Å². The number of nitrogens with one attached hydrogen (secondary N) is 1. The van der Waals surface area contributed by atoms with Crippen LogP contribution in [0.15, 0.2) is 5.38 Å². The second kappa shape index (κ2) is 5.48. The van der Waals surface area contributed by atoms with E-state index in [4.69, 9.17) is 0 Å². The minimum Gasteiger partial charge on any atom is -0.343 e. The normalized spacial score (nSPS) is 20.1. The zero-order chi connectivity index (χ0) is 13.1. The van der Waals surface area contributed by atoms with Crippen LogP contribution in [0.3, 0.4) is 0 Å². The van der Waals surface area contributed by atoms with Gasteiger partial charge in [0.05, 0.1) is 6.54 Å². The van der Waals surface area contributed by atoms with Gasteiger partial charge in [0.2, 0.25) is 11.8 Å². The van der Waals surface area contributed by atoms with Crippen LogP contribution in [0.5, 0.6) is 0 Å². The van der Waals surface area contributed by atoms with Crippen LogP contribution in [-0.2, 0) is 16.1 Å². The Hall–Kier alpha value is -1.43. The van der Waals surface area contributed by atoms with Gasteiger partial charge in [-0.25, -0.2) is 4.98 Å². The lowest BCUT2D eigenvalue weighted by atomic mass is 10.1. The molecule has 2 heterocycles. The van der Waals surface area contributed by atoms with E-state index in [-0.39, 0.29) is 24.4 Å². The number of hydrogen-bond donors (Lipinski definition) is 1. The summed E-state index contributed by atoms with van der Waals surface area (Å²) in [6, 6.07) is -0.364. The average Bonchev–Trinajstić information content (AvgIpc) is 2.71. The number of aryl methyl sites for hydroxylation is 1. The van der Waals surface area contributed by atoms with Crippen LogP contribution < -0.4 is 5.32 Å². The third-order valence-electron chi connectivity index (χ3n) is 2.85. The number of carbonyl (C=O) groups excluding carboxylic acids is 2. The van der Waals surface area contributed by atoms with E-state index in [0.717, 1.165) is 17.1 Å². The molecule has 6 heteroatoms. The lowest BCUT2D eigenvalue weighted by Gasteiger charge is -2.31. The maximum atomic E-state index is 12.2. The van der Waals surface area contributed by atoms with Crippen molar-refractivity contribution in [1.29, 1.82) is 0 Å². The van der Waals surface area contributed by atoms with Gasteiger partial charge in [0.15, 0.2) is 0 Å². The Kier molecular flexibility index (Phi) is 3.96. The standard InChI is InChI=1S/C12H17N3O2S/c1-3-4-9-12(17)15(5-10(16)14-9)6-11-13-8(2)7-18-11/h7,9H,3-6H2,1-2H3,(H,14,16). The van der Waals surface area contributed by atoms with Gasteiger partial charge in [0.25, 0.3) is 0 Å². The summed E-state index contributed by atoms with van der Waals surface area (Å²) in [4.78, 5) is 29.7. The Labute approximate surface area is 110 Å². The molecule has 1 aliphatic heterocycles. The Bertz CT molecular complexity index is 458. The first-order valence-corrected chi connectivity index (χ1v) is 6.97. The maximum absolute atomic E-state index is 12.2. The van der Waals surface area contributed by atoms with Crippen molar-refractivity contribution in [3.05, 3.63) is 16.1 Å². The molecular formula is C12H17N3O2S. The van der Waals surface area contributed by atoms with Gasteiger partial charge in [-0.05, 0) is 13.3 Å². The van der Waals surface area contributed by atoms with E-state index in [9.17, 15) is 9.59 Å². The molecule has 1 saturated heterocycles. The van der Waals surface area contributed by atoms with E-state index >= 15 is 0 Å². The fourth-order valence-corrected chi connectivity index (χ4v) is 2.82. The molecule has 0 aliphatic carbocycles. The molecule has 0 bridgehead atoms. The van der Waals surface area contributed by atoms with Crippen LogP contribution in [0.1, 0.15) is 30.5 Å². The van der Waals surface area contributed by atoms with Gasteiger partial charge in [-0.15, -0.1) is 11.3 Å². The average molecular weight is 267 g/mol. The first kappa shape index (κ1) is 13.0. The molecule has 1 aliphatic rings. The molecule has 1 N–H and O–H groups in total. The summed E-state index contributed by atoms with van der Waals surface area (Å²) < 4.78 is 0. The quantitative estimate of drug-likeness (QED) is 0.888. The Morgan fingerprint density at radius 1 is 1.56 bits per heavy atom. The van der Waals surface area contributed by atoms with Crippen molar-refractivity contribution in [1.82, 2.24) is 15.2 Å². The Morgan fingerprint density at radius 2 is 2.33 bits per heavy atom. The van der Waals surface area contributed by atoms with E-state index in [1.54, 1.807) is 4.90 Å². The van der Waals surface area contributed by atoms with Gasteiger partial charge in [-0.3, -0.25) is 9.59 Å². The first-order valence-electron chi connectivity index (χ1n) is 6.09. The third kappa shape index (κ3) is 2.87. The van der Waals surface area contributed by atoms with Crippen LogP contribution in [-0.4, -0.2) is 34.3 Å². The number of amides is 2. The number of carbonyl (C=O) groups is 2. The van der Waals surface area contributed by atoms with Crippen molar-refractivity contribution in [2.24, 2.45) is 0 Å². The molecule has 18 heavy (non-hydrogen) atoms. The van der Waals surface area contributed by atoms with Gasteiger partial charge in [0.1, 0.15) is 17.6 Å². The molecule has 0 spiro atoms. The Morgan fingerprint density at radius 3 is 2.94 bits per heavy atom. The van der Waals surface area contributed by atoms with E-state index in [0.29, 0.717) is 13.0 Å². The molecule has 0 radical (unpaired) electrons. The molecule has 98 valence electrons. The molecule has 1 aromatic heterocycles. The summed E-state index contributed by atoms with van der Waals surface area (Å²) >= 11 is 1.52. The van der Waals surface area contributed by atoms with Gasteiger partial charge < -0.3 is 10.2 Å². The molecular weight excluding hydrogens is 250 g/mol. The van der Waals surface area contributed by atoms with Crippen LogP contribution in [0.4, 0.5) is 0 Å². The SMILES string of the molecule is CCCC1NC(=O)CN(Cc2nc(C)cs2)C1=O. The van der Waals surface area contributed by atoms with Crippen LogP contribution in [0.25, 0.3) is 0 Å². The summed E-state index contributed by atoms with van der Waals surface area (Å²) in [5.41, 5.74) is 0.953. The summed E-state index contributed by atoms with van der Waals surface area (Å²) in [6.07, 6.45) is 1.57. The fourth-order valence-electron chi connectivity index (χ4n) is 2.03. The highest BCUT2D eigenvalue weighted by Gasteiger charge is 2.32. The zero-order valence-electron chi connectivity index (χ0n) is 10.6. The van der Waals surface area contributed by atoms with Crippen molar-refractivity contribution in [3.63, 3.8) is 0 Å². The summed E-state index contributed by atoms with van der Waals surface area (Å²) in [7, 11) is 0. The van der Waals surface area contributed by atoms with Crippen molar-refractivity contribution in [2.45, 2.75) is 39.3 Å². The van der Waals surface area contributed by atoms with Crippen molar-refractivity contribution in [2.75, 3.05) is 6.54 Å². The zero-order valence-corrected chi connectivity index (χ0v) is 11.4. The largest absolute Gasteiger partial charge is 0.343 e. The number of rotatable bonds is 4. The number of piperazine rings is 1. The third-order valence-corrected chi connectivity index (χ3v) is 3.80. The molecule has 0 saturated carbocycles. The van der Waals surface area contributed by atoms with E-state index in [2.05, 4.69) is 10.3 Å². The molecule has 1 fully saturated rings. The lowest BCUT2D eigenvalue weighted by Crippen LogP contribution is -2.57. The summed E-state index contributed by atoms with van der Waals surface area (Å²) in [6.45, 7) is 4.50. The maximum Gasteiger partial charge on any atom is 0.245 e. The molecule has 1 atom stereocenters. The van der Waals surface area contributed by atoms with Crippen LogP contribution in [0.2, 0.25) is 0 Å². The topological polar surface area (TPSA) is 62.3 Å². The van der Waals surface area contributed by atoms with E-state index in [1.165, 1.54) is 11.3 Å². The van der Waals surface area contributed by atoms with Gasteiger partial charge in [-0.2, -0.15) is 0 Å². The Balaban J connectivity index is 2.06. The number of aromatic nitrogens is 1. The highest BCUT2D eigenvalue weighted by molar-refractivity contribution is 7.09. The van der Waals surface area contributed by atoms with Crippen LogP contribution >= 0.6 is 11.3 Å². The predicted octanol–water partition coefficient (Wildman–Crippen LogP) is 1.08. The minimum absolute atomic E-state index is 0.00398.